The van der Waals surface area contributed by atoms with Gasteiger partial charge in [0, 0.05) is 35.8 Å². The Morgan fingerprint density at radius 1 is 1.19 bits per heavy atom. The third-order valence-electron chi connectivity index (χ3n) is 8.16. The van der Waals surface area contributed by atoms with Crippen LogP contribution < -0.4 is 9.64 Å². The molecule has 2 fully saturated rings. The average Bonchev–Trinajstić information content (AvgIpc) is 3.58. The lowest BCUT2D eigenvalue weighted by Gasteiger charge is -2.41. The number of halogens is 2. The van der Waals surface area contributed by atoms with Gasteiger partial charge in [0.15, 0.2) is 11.0 Å². The highest BCUT2D eigenvalue weighted by Gasteiger charge is 2.33. The summed E-state index contributed by atoms with van der Waals surface area (Å²) in [6.07, 6.45) is 2.19. The Kier molecular flexibility index (Phi) is 7.75. The van der Waals surface area contributed by atoms with Crippen molar-refractivity contribution in [2.24, 2.45) is 0 Å². The van der Waals surface area contributed by atoms with Crippen LogP contribution in [0.5, 0.6) is 6.01 Å². The van der Waals surface area contributed by atoms with Crippen LogP contribution in [0, 0.1) is 16.5 Å². The molecule has 2 aliphatic heterocycles. The molecule has 2 aromatic carbocycles. The number of fused-ring (bicyclic) bond motifs is 2. The molecule has 1 amide bonds. The maximum absolute atomic E-state index is 14.1. The first-order chi connectivity index (χ1) is 20.3. The zero-order valence-corrected chi connectivity index (χ0v) is 24.0. The van der Waals surface area contributed by atoms with E-state index in [1.807, 2.05) is 41.3 Å². The first-order valence-corrected chi connectivity index (χ1v) is 14.7. The molecule has 2 saturated heterocycles. The molecule has 4 heterocycles. The van der Waals surface area contributed by atoms with E-state index in [1.54, 1.807) is 0 Å². The van der Waals surface area contributed by atoms with E-state index in [0.29, 0.717) is 31.0 Å². The van der Waals surface area contributed by atoms with Crippen LogP contribution in [-0.4, -0.2) is 77.6 Å². The third-order valence-corrected chi connectivity index (χ3v) is 9.13. The fourth-order valence-electron chi connectivity index (χ4n) is 5.94. The van der Waals surface area contributed by atoms with E-state index >= 15 is 0 Å². The number of likely N-dealkylation sites (tertiary alicyclic amines) is 1. The van der Waals surface area contributed by atoms with Gasteiger partial charge in [-0.2, -0.15) is 19.6 Å². The summed E-state index contributed by atoms with van der Waals surface area (Å²) in [6.45, 7) is 5.51. The maximum atomic E-state index is 14.1. The van der Waals surface area contributed by atoms with Crippen molar-refractivity contribution < 1.29 is 18.3 Å². The number of likely N-dealkylation sites (N-methyl/N-ethyl adjacent to an activating group) is 1. The molecule has 2 atom stereocenters. The Morgan fingerprint density at radius 3 is 2.81 bits per heavy atom. The summed E-state index contributed by atoms with van der Waals surface area (Å²) in [6, 6.07) is 15.3. The lowest BCUT2D eigenvalue weighted by molar-refractivity contribution is -0.131. The summed E-state index contributed by atoms with van der Waals surface area (Å²) in [7, 11) is 2.08. The predicted octanol–water partition coefficient (Wildman–Crippen LogP) is 5.54. The molecule has 0 saturated carbocycles. The van der Waals surface area contributed by atoms with Crippen molar-refractivity contribution in [3.05, 3.63) is 60.0 Å². The van der Waals surface area contributed by atoms with E-state index in [2.05, 4.69) is 24.6 Å². The monoisotopic (exact) mass is 588 g/mol. The van der Waals surface area contributed by atoms with Crippen molar-refractivity contribution in [3.8, 4) is 23.2 Å². The number of benzene rings is 2. The molecule has 0 radical (unpaired) electrons. The zero-order chi connectivity index (χ0) is 29.4. The number of hydrogen-bond donors (Lipinski definition) is 0. The maximum Gasteiger partial charge on any atom is 0.319 e. The van der Waals surface area contributed by atoms with E-state index in [1.165, 1.54) is 11.0 Å². The van der Waals surface area contributed by atoms with E-state index < -0.39 is 17.8 Å². The fraction of sp³-hybridized carbons (Fsp3) is 0.355. The first kappa shape index (κ1) is 28.0. The summed E-state index contributed by atoms with van der Waals surface area (Å²) in [5.74, 6) is -1.22. The van der Waals surface area contributed by atoms with Crippen molar-refractivity contribution in [3.63, 3.8) is 0 Å². The number of piperazine rings is 1. The molecule has 0 aliphatic carbocycles. The second-order valence-electron chi connectivity index (χ2n) is 10.8. The normalized spacial score (nSPS) is 19.4. The predicted molar refractivity (Wildman–Crippen MR) is 160 cm³/mol. The molecule has 11 heteroatoms. The number of hydrogen-bond acceptors (Lipinski definition) is 8. The number of carbonyl (C=O) groups excluding carboxylic acids is 1. The molecule has 0 unspecified atom stereocenters. The summed E-state index contributed by atoms with van der Waals surface area (Å²) < 4.78 is 34.9. The van der Waals surface area contributed by atoms with Gasteiger partial charge in [-0.15, -0.1) is 11.3 Å². The van der Waals surface area contributed by atoms with Crippen LogP contribution in [0.15, 0.2) is 54.9 Å². The number of nitriles is 1. The van der Waals surface area contributed by atoms with Crippen molar-refractivity contribution in [2.75, 3.05) is 44.7 Å². The van der Waals surface area contributed by atoms with Crippen molar-refractivity contribution in [2.45, 2.75) is 31.3 Å². The van der Waals surface area contributed by atoms with Crippen LogP contribution >= 0.6 is 11.3 Å². The molecule has 4 aromatic rings. The quantitative estimate of drug-likeness (QED) is 0.262. The highest BCUT2D eigenvalue weighted by atomic mass is 32.1. The molecule has 216 valence electrons. The lowest BCUT2D eigenvalue weighted by Crippen LogP contribution is -2.55. The Bertz CT molecular complexity index is 1720. The molecule has 0 N–H and O–H groups in total. The third kappa shape index (κ3) is 5.40. The number of rotatable bonds is 7. The van der Waals surface area contributed by atoms with E-state index in [4.69, 9.17) is 14.7 Å². The van der Waals surface area contributed by atoms with Gasteiger partial charge in [-0.05, 0) is 61.1 Å². The number of nitrogens with zero attached hydrogens (tertiary/aromatic N) is 6. The Hall–Kier alpha value is -4.14. The number of ether oxygens (including phenoxy) is 1. The Morgan fingerprint density at radius 2 is 2.05 bits per heavy atom. The minimum atomic E-state index is -1.04. The number of anilines is 1. The largest absolute Gasteiger partial charge is 0.462 e. The molecular weight excluding hydrogens is 558 g/mol. The number of amides is 1. The molecule has 42 heavy (non-hydrogen) atoms. The van der Waals surface area contributed by atoms with Gasteiger partial charge >= 0.3 is 6.01 Å². The van der Waals surface area contributed by atoms with Gasteiger partial charge in [0.05, 0.1) is 24.0 Å². The van der Waals surface area contributed by atoms with Crippen molar-refractivity contribution in [1.29, 1.82) is 5.26 Å². The zero-order valence-electron chi connectivity index (χ0n) is 23.2. The number of carbonyl (C=O) groups is 1. The summed E-state index contributed by atoms with van der Waals surface area (Å²) in [5.41, 5.74) is 2.46. The minimum Gasteiger partial charge on any atom is -0.462 e. The van der Waals surface area contributed by atoms with Crippen molar-refractivity contribution in [1.82, 2.24) is 19.8 Å². The lowest BCUT2D eigenvalue weighted by atomic mass is 10.0. The van der Waals surface area contributed by atoms with Crippen molar-refractivity contribution >= 4 is 44.1 Å². The second-order valence-corrected chi connectivity index (χ2v) is 11.8. The smallest absolute Gasteiger partial charge is 0.319 e. The van der Waals surface area contributed by atoms with E-state index in [9.17, 15) is 18.8 Å². The van der Waals surface area contributed by atoms with Crippen LogP contribution in [0.4, 0.5) is 14.6 Å². The van der Waals surface area contributed by atoms with E-state index in [0.717, 1.165) is 57.3 Å². The van der Waals surface area contributed by atoms with Gasteiger partial charge in [-0.1, -0.05) is 30.8 Å². The topological polar surface area (TPSA) is 85.6 Å². The van der Waals surface area contributed by atoms with Gasteiger partial charge in [0.1, 0.15) is 12.4 Å². The minimum absolute atomic E-state index is 0.0431. The van der Waals surface area contributed by atoms with Crippen LogP contribution in [0.25, 0.3) is 32.1 Å². The summed E-state index contributed by atoms with van der Waals surface area (Å²) in [4.78, 5) is 27.7. The second kappa shape index (κ2) is 11.6. The fourth-order valence-corrected chi connectivity index (χ4v) is 6.86. The molecule has 2 aliphatic rings. The van der Waals surface area contributed by atoms with Gasteiger partial charge in [-0.3, -0.25) is 4.79 Å². The number of aromatic nitrogens is 2. The SMILES string of the molecule is C=C(F)C(=O)N1CCN(c2nc(OC[C@@H]3CCCN3C)nc3cc(-c4cccc5cc(F)sc45)ccc23)C[C@@H]1CC#N. The Labute approximate surface area is 246 Å². The molecule has 8 nitrogen and oxygen atoms in total. The molecule has 2 aromatic heterocycles. The van der Waals surface area contributed by atoms with E-state index in [-0.39, 0.29) is 30.1 Å². The first-order valence-electron chi connectivity index (χ1n) is 13.9. The highest BCUT2D eigenvalue weighted by molar-refractivity contribution is 7.18. The van der Waals surface area contributed by atoms with Gasteiger partial charge in [-0.25, -0.2) is 4.39 Å². The van der Waals surface area contributed by atoms with Gasteiger partial charge in [0.2, 0.25) is 0 Å². The average molecular weight is 589 g/mol. The Balaban J connectivity index is 1.40. The standard InChI is InChI=1S/C31H30F2N6O2S/c1-19(32)30(40)39-14-13-38(17-22(39)10-11-34)29-25-9-8-20(24-7-3-5-21-16-27(33)42-28(21)24)15-26(25)35-31(36-29)41-18-23-6-4-12-37(23)2/h3,5,7-9,15-16,22-23H,1,4,6,10,12-14,17-18H2,2H3/t22-,23-/m0/s1. The van der Waals surface area contributed by atoms with Gasteiger partial charge in [0.25, 0.3) is 5.91 Å². The van der Waals surface area contributed by atoms with Crippen LogP contribution in [0.2, 0.25) is 0 Å². The number of thiophene rings is 1. The van der Waals surface area contributed by atoms with Crippen LogP contribution in [0.1, 0.15) is 19.3 Å². The van der Waals surface area contributed by atoms with Gasteiger partial charge < -0.3 is 19.4 Å². The highest BCUT2D eigenvalue weighted by Crippen LogP contribution is 2.37. The molecule has 0 spiro atoms. The summed E-state index contributed by atoms with van der Waals surface area (Å²) >= 11 is 1.11. The summed E-state index contributed by atoms with van der Waals surface area (Å²) in [5, 5.41) is 10.8. The molecular formula is C31H30F2N6O2S. The molecule has 0 bridgehead atoms. The van der Waals surface area contributed by atoms with Crippen LogP contribution in [0.3, 0.4) is 0 Å². The van der Waals surface area contributed by atoms with Crippen LogP contribution in [-0.2, 0) is 4.79 Å². The molecule has 6 rings (SSSR count).